The van der Waals surface area contributed by atoms with Crippen LogP contribution in [0.2, 0.25) is 0 Å². The first-order chi connectivity index (χ1) is 8.61. The Labute approximate surface area is 108 Å². The molecule has 3 N–H and O–H groups in total. The van der Waals surface area contributed by atoms with Crippen LogP contribution < -0.4 is 5.32 Å². The molecule has 5 nitrogen and oxygen atoms in total. The van der Waals surface area contributed by atoms with Crippen molar-refractivity contribution in [1.29, 1.82) is 0 Å². The fourth-order valence-electron chi connectivity index (χ4n) is 2.06. The number of carbonyl (C=O) groups is 2. The summed E-state index contributed by atoms with van der Waals surface area (Å²) in [5.41, 5.74) is 1.21. The number of fused-ring (bicyclic) bond motifs is 1. The number of rotatable bonds is 5. The maximum Gasteiger partial charge on any atom is 0.326 e. The van der Waals surface area contributed by atoms with Crippen LogP contribution >= 0.6 is 11.3 Å². The molecule has 0 radical (unpaired) electrons. The standard InChI is InChI=1S/C12H15NO4S/c14-5-4-8(12(16)17)13-11(15)10-6-7-2-1-3-9(7)18-10/h6,8,14H,1-5H2,(H,13,15)(H,16,17)/t8-/m1/s1. The molecule has 1 aromatic heterocycles. The van der Waals surface area contributed by atoms with E-state index in [4.69, 9.17) is 10.2 Å². The molecule has 98 valence electrons. The molecule has 1 atom stereocenters. The second-order valence-electron chi connectivity index (χ2n) is 4.29. The van der Waals surface area contributed by atoms with E-state index in [-0.39, 0.29) is 18.9 Å². The maximum absolute atomic E-state index is 11.9. The zero-order chi connectivity index (χ0) is 13.1. The van der Waals surface area contributed by atoms with Crippen LogP contribution in [0, 0.1) is 0 Å². The summed E-state index contributed by atoms with van der Waals surface area (Å²) in [5.74, 6) is -1.49. The second kappa shape index (κ2) is 5.49. The number of aliphatic hydroxyl groups is 1. The third-order valence-corrected chi connectivity index (χ3v) is 4.23. The van der Waals surface area contributed by atoms with Crippen molar-refractivity contribution in [2.24, 2.45) is 0 Å². The van der Waals surface area contributed by atoms with Crippen molar-refractivity contribution in [1.82, 2.24) is 5.32 Å². The smallest absolute Gasteiger partial charge is 0.326 e. The van der Waals surface area contributed by atoms with Gasteiger partial charge in [0.05, 0.1) is 4.88 Å². The summed E-state index contributed by atoms with van der Waals surface area (Å²) in [7, 11) is 0. The lowest BCUT2D eigenvalue weighted by molar-refractivity contribution is -0.139. The van der Waals surface area contributed by atoms with Crippen LogP contribution in [0.4, 0.5) is 0 Å². The fraction of sp³-hybridized carbons (Fsp3) is 0.500. The molecule has 0 unspecified atom stereocenters. The Morgan fingerprint density at radius 1 is 1.44 bits per heavy atom. The van der Waals surface area contributed by atoms with Crippen LogP contribution in [0.1, 0.15) is 33.0 Å². The second-order valence-corrected chi connectivity index (χ2v) is 5.43. The van der Waals surface area contributed by atoms with E-state index in [1.54, 1.807) is 0 Å². The predicted molar refractivity (Wildman–Crippen MR) is 66.9 cm³/mol. The van der Waals surface area contributed by atoms with E-state index >= 15 is 0 Å². The van der Waals surface area contributed by atoms with E-state index < -0.39 is 12.0 Å². The summed E-state index contributed by atoms with van der Waals surface area (Å²) in [4.78, 5) is 24.6. The van der Waals surface area contributed by atoms with Crippen LogP contribution in [-0.2, 0) is 17.6 Å². The van der Waals surface area contributed by atoms with Crippen molar-refractivity contribution >= 4 is 23.2 Å². The molecule has 18 heavy (non-hydrogen) atoms. The number of hydrogen-bond donors (Lipinski definition) is 3. The summed E-state index contributed by atoms with van der Waals surface area (Å²) in [6, 6.07) is 0.819. The van der Waals surface area contributed by atoms with Crippen molar-refractivity contribution in [2.45, 2.75) is 31.7 Å². The molecule has 1 amide bonds. The Balaban J connectivity index is 2.04. The van der Waals surface area contributed by atoms with E-state index in [1.165, 1.54) is 21.8 Å². The number of nitrogens with one attached hydrogen (secondary N) is 1. The Morgan fingerprint density at radius 2 is 2.22 bits per heavy atom. The molecule has 2 rings (SSSR count). The maximum atomic E-state index is 11.9. The topological polar surface area (TPSA) is 86.6 Å². The quantitative estimate of drug-likeness (QED) is 0.738. The highest BCUT2D eigenvalue weighted by Crippen LogP contribution is 2.30. The number of hydrogen-bond acceptors (Lipinski definition) is 4. The van der Waals surface area contributed by atoms with Crippen molar-refractivity contribution in [3.8, 4) is 0 Å². The van der Waals surface area contributed by atoms with E-state index in [0.717, 1.165) is 19.3 Å². The highest BCUT2D eigenvalue weighted by Gasteiger charge is 2.23. The normalized spacial score (nSPS) is 15.2. The van der Waals surface area contributed by atoms with Crippen molar-refractivity contribution < 1.29 is 19.8 Å². The molecule has 0 fully saturated rings. The lowest BCUT2D eigenvalue weighted by Crippen LogP contribution is -2.41. The van der Waals surface area contributed by atoms with Crippen molar-refractivity contribution in [3.63, 3.8) is 0 Å². The Kier molecular flexibility index (Phi) is 3.98. The average molecular weight is 269 g/mol. The monoisotopic (exact) mass is 269 g/mol. The minimum atomic E-state index is -1.12. The van der Waals surface area contributed by atoms with Gasteiger partial charge in [0.15, 0.2) is 0 Å². The molecule has 0 aromatic carbocycles. The fourth-order valence-corrected chi connectivity index (χ4v) is 3.21. The van der Waals surface area contributed by atoms with Gasteiger partial charge in [0.1, 0.15) is 6.04 Å². The van der Waals surface area contributed by atoms with Gasteiger partial charge >= 0.3 is 5.97 Å². The zero-order valence-electron chi connectivity index (χ0n) is 9.81. The third-order valence-electron chi connectivity index (χ3n) is 2.99. The summed E-state index contributed by atoms with van der Waals surface area (Å²) in [6.07, 6.45) is 3.15. The van der Waals surface area contributed by atoms with Gasteiger partial charge in [0, 0.05) is 17.9 Å². The van der Waals surface area contributed by atoms with Gasteiger partial charge in [0.2, 0.25) is 0 Å². The SMILES string of the molecule is O=C(N[C@H](CCO)C(=O)O)c1cc2c(s1)CCC2. The molecule has 1 heterocycles. The van der Waals surface area contributed by atoms with E-state index in [2.05, 4.69) is 5.32 Å². The van der Waals surface area contributed by atoms with Crippen LogP contribution in [-0.4, -0.2) is 34.7 Å². The summed E-state index contributed by atoms with van der Waals surface area (Å²) < 4.78 is 0. The van der Waals surface area contributed by atoms with Crippen LogP contribution in [0.15, 0.2) is 6.07 Å². The molecule has 0 saturated heterocycles. The lowest BCUT2D eigenvalue weighted by atomic mass is 10.2. The third kappa shape index (κ3) is 2.70. The first kappa shape index (κ1) is 13.0. The molecule has 6 heteroatoms. The van der Waals surface area contributed by atoms with Gasteiger partial charge in [-0.15, -0.1) is 11.3 Å². The number of thiophene rings is 1. The molecule has 1 aromatic rings. The number of carboxylic acid groups (broad SMARTS) is 1. The molecule has 1 aliphatic carbocycles. The van der Waals surface area contributed by atoms with E-state index in [0.29, 0.717) is 4.88 Å². The molecule has 0 spiro atoms. The van der Waals surface area contributed by atoms with Gasteiger partial charge in [-0.3, -0.25) is 4.79 Å². The molecule has 0 bridgehead atoms. The molecule has 1 aliphatic rings. The lowest BCUT2D eigenvalue weighted by Gasteiger charge is -2.12. The summed E-state index contributed by atoms with van der Waals surface area (Å²) in [5, 5.41) is 20.1. The number of aliphatic hydroxyl groups excluding tert-OH is 1. The molecular formula is C12H15NO4S. The van der Waals surface area contributed by atoms with E-state index in [1.807, 2.05) is 6.07 Å². The Morgan fingerprint density at radius 3 is 2.83 bits per heavy atom. The minimum Gasteiger partial charge on any atom is -0.480 e. The minimum absolute atomic E-state index is 0.0200. The van der Waals surface area contributed by atoms with Gasteiger partial charge < -0.3 is 15.5 Å². The highest BCUT2D eigenvalue weighted by molar-refractivity contribution is 7.14. The first-order valence-electron chi connectivity index (χ1n) is 5.88. The Bertz CT molecular complexity index is 447. The van der Waals surface area contributed by atoms with Crippen molar-refractivity contribution in [3.05, 3.63) is 21.4 Å². The first-order valence-corrected chi connectivity index (χ1v) is 6.69. The average Bonchev–Trinajstić information content (AvgIpc) is 2.87. The van der Waals surface area contributed by atoms with Gasteiger partial charge in [0.25, 0.3) is 5.91 Å². The number of carboxylic acids is 1. The molecule has 0 saturated carbocycles. The largest absolute Gasteiger partial charge is 0.480 e. The molecule has 0 aliphatic heterocycles. The number of aliphatic carboxylic acids is 1. The number of carbonyl (C=O) groups excluding carboxylic acids is 1. The Hall–Kier alpha value is -1.40. The molecular weight excluding hydrogens is 254 g/mol. The van der Waals surface area contributed by atoms with E-state index in [9.17, 15) is 9.59 Å². The van der Waals surface area contributed by atoms with Crippen LogP contribution in [0.25, 0.3) is 0 Å². The van der Waals surface area contributed by atoms with Gasteiger partial charge in [-0.25, -0.2) is 4.79 Å². The van der Waals surface area contributed by atoms with Gasteiger partial charge in [-0.2, -0.15) is 0 Å². The van der Waals surface area contributed by atoms with Gasteiger partial charge in [-0.05, 0) is 30.9 Å². The number of aryl methyl sites for hydroxylation is 2. The predicted octanol–water partition coefficient (Wildman–Crippen LogP) is 0.802. The van der Waals surface area contributed by atoms with Gasteiger partial charge in [-0.1, -0.05) is 0 Å². The summed E-state index contributed by atoms with van der Waals surface area (Å²) in [6.45, 7) is -0.266. The van der Waals surface area contributed by atoms with Crippen molar-refractivity contribution in [2.75, 3.05) is 6.61 Å². The summed E-state index contributed by atoms with van der Waals surface area (Å²) >= 11 is 1.43. The number of amides is 1. The van der Waals surface area contributed by atoms with Crippen LogP contribution in [0.3, 0.4) is 0 Å². The highest BCUT2D eigenvalue weighted by atomic mass is 32.1. The zero-order valence-corrected chi connectivity index (χ0v) is 10.6. The van der Waals surface area contributed by atoms with Crippen LogP contribution in [0.5, 0.6) is 0 Å².